The highest BCUT2D eigenvalue weighted by molar-refractivity contribution is 5.96. The summed E-state index contributed by atoms with van der Waals surface area (Å²) in [5, 5.41) is 15.4. The Labute approximate surface area is 414 Å². The van der Waals surface area contributed by atoms with E-state index in [-0.39, 0.29) is 24.0 Å². The van der Waals surface area contributed by atoms with Gasteiger partial charge in [0.25, 0.3) is 0 Å². The number of phenols is 1. The Morgan fingerprint density at radius 3 is 1.60 bits per heavy atom. The van der Waals surface area contributed by atoms with Crippen LogP contribution in [0.2, 0.25) is 0 Å². The van der Waals surface area contributed by atoms with Crippen molar-refractivity contribution in [1.29, 1.82) is 0 Å². The number of hydrogen-bond donors (Lipinski definition) is 2. The molecule has 8 fully saturated rings. The fourth-order valence-electron chi connectivity index (χ4n) is 14.4. The molecule has 4 aromatic rings. The van der Waals surface area contributed by atoms with Crippen LogP contribution >= 0.6 is 0 Å². The zero-order chi connectivity index (χ0) is 48.8. The number of piperidine rings is 4. The number of rotatable bonds is 5. The molecule has 10 aliphatic rings. The van der Waals surface area contributed by atoms with Crippen molar-refractivity contribution in [3.63, 3.8) is 0 Å². The molecule has 15 nitrogen and oxygen atoms in total. The molecule has 8 bridgehead atoms. The monoisotopic (exact) mass is 963 g/mol. The van der Waals surface area contributed by atoms with Crippen molar-refractivity contribution < 1.29 is 33.7 Å². The average Bonchev–Trinajstić information content (AvgIpc) is 3.79. The van der Waals surface area contributed by atoms with Gasteiger partial charge in [-0.1, -0.05) is 26.7 Å². The topological polar surface area (TPSA) is 137 Å². The SMILES string of the molecule is CCOC(=O)n1c2c(c3cc(O)ccc31)CCN1C[C@H]3CC(CC)C1[C@H]2C3.CCOC(=O)n1c2c(c3cc(OC(=O)N4CCN(C)CC4)ccc31)CCN1C[C@H]3CC(CC)C1[C@H]2C3.CN1CCNCC1. The van der Waals surface area contributed by atoms with Gasteiger partial charge in [-0.3, -0.25) is 9.80 Å². The second kappa shape index (κ2) is 20.8. The van der Waals surface area contributed by atoms with Gasteiger partial charge in [0.1, 0.15) is 11.5 Å². The van der Waals surface area contributed by atoms with Gasteiger partial charge < -0.3 is 39.3 Å². The van der Waals surface area contributed by atoms with Crippen molar-refractivity contribution in [3.8, 4) is 11.5 Å². The maximum absolute atomic E-state index is 13.3. The number of likely N-dealkylation sites (N-methyl/N-ethyl adjacent to an activating group) is 2. The smallest absolute Gasteiger partial charge is 0.418 e. The number of phenolic OH excluding ortho intramolecular Hbond substituents is 1. The molecule has 0 spiro atoms. The molecule has 6 saturated heterocycles. The summed E-state index contributed by atoms with van der Waals surface area (Å²) >= 11 is 0. The van der Waals surface area contributed by atoms with Gasteiger partial charge in [0, 0.05) is 125 Å². The van der Waals surface area contributed by atoms with Crippen LogP contribution in [-0.2, 0) is 22.3 Å². The number of ether oxygens (including phenoxy) is 3. The summed E-state index contributed by atoms with van der Waals surface area (Å²) in [5.74, 6) is 4.27. The first kappa shape index (κ1) is 48.9. The Bertz CT molecular complexity index is 2540. The molecule has 380 valence electrons. The molecule has 6 unspecified atom stereocenters. The van der Waals surface area contributed by atoms with Crippen molar-refractivity contribution >= 4 is 40.1 Å². The predicted octanol–water partition coefficient (Wildman–Crippen LogP) is 7.79. The molecule has 10 atom stereocenters. The standard InChI is InChI=1S/C28H38N4O4.C22H28N2O3.C5H12N2/c1-4-19-14-18-15-23-25(19)31(17-18)9-8-21-22-16-20(36-27(33)30-12-10-29(3)11-13-30)6-7-24(22)32(26(21)23)28(34)35-5-2;1-3-14-9-13-10-18-20(14)23(12-13)8-7-16-17-11-15(25)5-6-19(17)24(21(16)18)22(26)27-4-2;1-7-4-2-6-3-5-7/h6-7,16,18-19,23,25H,4-5,8-15,17H2,1-3H3;5-6,11,13-14,18,20,25H,3-4,7-10,12H2,1-2H3;6H,2-5H2,1H3/t18-,19?,23+,25?;13-,14?,18+,20?;/m00./s1. The number of piperazine rings is 2. The fourth-order valence-corrected chi connectivity index (χ4v) is 14.4. The maximum atomic E-state index is 13.3. The van der Waals surface area contributed by atoms with E-state index in [0.717, 1.165) is 104 Å². The first-order valence-corrected chi connectivity index (χ1v) is 26.9. The second-order valence-corrected chi connectivity index (χ2v) is 21.6. The lowest BCUT2D eigenvalue weighted by molar-refractivity contribution is -0.0141. The average molecular weight is 963 g/mol. The van der Waals surface area contributed by atoms with E-state index >= 15 is 0 Å². The minimum Gasteiger partial charge on any atom is -0.508 e. The molecule has 1 amide bonds. The van der Waals surface area contributed by atoms with Crippen molar-refractivity contribution in [2.24, 2.45) is 23.7 Å². The van der Waals surface area contributed by atoms with Crippen LogP contribution in [0.15, 0.2) is 36.4 Å². The van der Waals surface area contributed by atoms with Crippen molar-refractivity contribution in [2.45, 2.75) is 103 Å². The number of aromatic hydroxyl groups is 1. The van der Waals surface area contributed by atoms with E-state index in [2.05, 4.69) is 52.9 Å². The van der Waals surface area contributed by atoms with E-state index in [1.54, 1.807) is 11.0 Å². The fraction of sp³-hybridized carbons (Fsp3) is 0.655. The van der Waals surface area contributed by atoms with Crippen LogP contribution in [0.1, 0.15) is 101 Å². The van der Waals surface area contributed by atoms with E-state index in [0.29, 0.717) is 73.7 Å². The lowest BCUT2D eigenvalue weighted by Crippen LogP contribution is -2.56. The number of carbonyl (C=O) groups excluding carboxylic acids is 3. The van der Waals surface area contributed by atoms with Gasteiger partial charge in [0.2, 0.25) is 0 Å². The molecule has 8 aliphatic heterocycles. The number of amides is 1. The molecule has 2 saturated carbocycles. The van der Waals surface area contributed by atoms with Crippen LogP contribution < -0.4 is 10.1 Å². The number of fused-ring (bicyclic) bond motifs is 8. The number of nitrogens with zero attached hydrogens (tertiary/aromatic N) is 7. The van der Waals surface area contributed by atoms with Crippen LogP contribution in [0.25, 0.3) is 21.8 Å². The third-order valence-corrected chi connectivity index (χ3v) is 17.5. The van der Waals surface area contributed by atoms with Crippen LogP contribution in [0.3, 0.4) is 0 Å². The first-order valence-electron chi connectivity index (χ1n) is 26.9. The Kier molecular flexibility index (Phi) is 14.6. The number of hydrogen-bond acceptors (Lipinski definition) is 12. The maximum Gasteiger partial charge on any atom is 0.418 e. The van der Waals surface area contributed by atoms with Gasteiger partial charge in [-0.25, -0.2) is 23.5 Å². The number of aromatic nitrogens is 2. The summed E-state index contributed by atoms with van der Waals surface area (Å²) in [6.45, 7) is 21.2. The molecule has 70 heavy (non-hydrogen) atoms. The summed E-state index contributed by atoms with van der Waals surface area (Å²) in [6, 6.07) is 12.1. The lowest BCUT2D eigenvalue weighted by atomic mass is 9.65. The molecule has 2 aliphatic carbocycles. The molecule has 15 heteroatoms. The quantitative estimate of drug-likeness (QED) is 0.202. The van der Waals surface area contributed by atoms with Crippen LogP contribution in [0, 0.1) is 23.7 Å². The third kappa shape index (κ3) is 9.22. The van der Waals surface area contributed by atoms with Gasteiger partial charge in [0.05, 0.1) is 24.2 Å². The highest BCUT2D eigenvalue weighted by Gasteiger charge is 2.51. The van der Waals surface area contributed by atoms with Gasteiger partial charge in [-0.15, -0.1) is 0 Å². The Balaban J connectivity index is 0.000000146. The Morgan fingerprint density at radius 2 is 1.11 bits per heavy atom. The molecule has 0 radical (unpaired) electrons. The summed E-state index contributed by atoms with van der Waals surface area (Å²) in [5.41, 5.74) is 6.50. The number of carbonyl (C=O) groups is 3. The zero-order valence-corrected chi connectivity index (χ0v) is 42.7. The van der Waals surface area contributed by atoms with Crippen LogP contribution in [0.5, 0.6) is 11.5 Å². The largest absolute Gasteiger partial charge is 0.508 e. The summed E-state index contributed by atoms with van der Waals surface area (Å²) in [4.78, 5) is 50.9. The lowest BCUT2D eigenvalue weighted by Gasteiger charge is -2.53. The molecule has 2 aromatic heterocycles. The second-order valence-electron chi connectivity index (χ2n) is 21.6. The minimum atomic E-state index is -0.302. The van der Waals surface area contributed by atoms with E-state index < -0.39 is 0 Å². The van der Waals surface area contributed by atoms with E-state index in [9.17, 15) is 19.5 Å². The predicted molar refractivity (Wildman–Crippen MR) is 272 cm³/mol. The summed E-state index contributed by atoms with van der Waals surface area (Å²) in [6.07, 6.45) is 8.23. The molecular formula is C55H78N8O7. The van der Waals surface area contributed by atoms with E-state index in [1.807, 2.05) is 53.3 Å². The van der Waals surface area contributed by atoms with Crippen LogP contribution in [0.4, 0.5) is 14.4 Å². The zero-order valence-electron chi connectivity index (χ0n) is 42.7. The molecular weight excluding hydrogens is 885 g/mol. The number of benzene rings is 2. The van der Waals surface area contributed by atoms with Gasteiger partial charge >= 0.3 is 18.3 Å². The molecule has 14 rings (SSSR count). The Hall–Kier alpha value is -4.67. The van der Waals surface area contributed by atoms with Crippen LogP contribution in [-0.4, -0.2) is 175 Å². The first-order chi connectivity index (χ1) is 34.0. The molecule has 2 aromatic carbocycles. The Morgan fingerprint density at radius 1 is 0.614 bits per heavy atom. The molecule has 2 N–H and O–H groups in total. The van der Waals surface area contributed by atoms with Crippen molar-refractivity contribution in [1.82, 2.24) is 39.0 Å². The third-order valence-electron chi connectivity index (χ3n) is 17.5. The van der Waals surface area contributed by atoms with Gasteiger partial charge in [-0.05, 0) is 138 Å². The van der Waals surface area contributed by atoms with E-state index in [4.69, 9.17) is 14.2 Å². The minimum absolute atomic E-state index is 0.256. The summed E-state index contributed by atoms with van der Waals surface area (Å²) < 4.78 is 20.5. The van der Waals surface area contributed by atoms with Crippen molar-refractivity contribution in [2.75, 3.05) is 106 Å². The van der Waals surface area contributed by atoms with Gasteiger partial charge in [-0.2, -0.15) is 0 Å². The number of nitrogens with one attached hydrogen (secondary N) is 1. The van der Waals surface area contributed by atoms with Gasteiger partial charge in [0.15, 0.2) is 0 Å². The highest BCUT2D eigenvalue weighted by Crippen LogP contribution is 2.54. The van der Waals surface area contributed by atoms with E-state index in [1.165, 1.54) is 63.0 Å². The highest BCUT2D eigenvalue weighted by atomic mass is 16.6. The molecule has 10 heterocycles. The normalized spacial score (nSPS) is 29.9. The van der Waals surface area contributed by atoms with Crippen molar-refractivity contribution in [3.05, 3.63) is 58.9 Å². The summed E-state index contributed by atoms with van der Waals surface area (Å²) in [7, 11) is 4.22.